The van der Waals surface area contributed by atoms with Crippen molar-refractivity contribution in [2.45, 2.75) is 13.3 Å². The molecule has 0 atom stereocenters. The molecule has 0 radical (unpaired) electrons. The van der Waals surface area contributed by atoms with Gasteiger partial charge in [0.05, 0.1) is 13.0 Å². The van der Waals surface area contributed by atoms with Gasteiger partial charge in [-0.1, -0.05) is 11.8 Å². The van der Waals surface area contributed by atoms with Crippen LogP contribution < -0.4 is 10.6 Å². The summed E-state index contributed by atoms with van der Waals surface area (Å²) in [6.45, 7) is 1.79. The number of carbonyl (C=O) groups is 2. The Morgan fingerprint density at radius 3 is 3.12 bits per heavy atom. The van der Waals surface area contributed by atoms with Crippen LogP contribution in [0.4, 0.5) is 5.69 Å². The maximum absolute atomic E-state index is 11.2. The monoisotopic (exact) mass is 228 g/mol. The molecule has 1 aliphatic rings. The first kappa shape index (κ1) is 11.2. The summed E-state index contributed by atoms with van der Waals surface area (Å²) in [4.78, 5) is 21.8. The van der Waals surface area contributed by atoms with Crippen LogP contribution in [0.15, 0.2) is 18.2 Å². The molecule has 2 N–H and O–H groups in total. The summed E-state index contributed by atoms with van der Waals surface area (Å²) in [5.74, 6) is 5.71. The van der Waals surface area contributed by atoms with Gasteiger partial charge in [-0.05, 0) is 23.8 Å². The van der Waals surface area contributed by atoms with Gasteiger partial charge in [0.1, 0.15) is 0 Å². The number of benzene rings is 1. The Kier molecular flexibility index (Phi) is 3.10. The quantitative estimate of drug-likeness (QED) is 0.694. The maximum Gasteiger partial charge on any atom is 0.228 e. The zero-order valence-electron chi connectivity index (χ0n) is 9.46. The first-order valence-electron chi connectivity index (χ1n) is 5.31. The molecule has 0 fully saturated rings. The van der Waals surface area contributed by atoms with Gasteiger partial charge < -0.3 is 10.6 Å². The van der Waals surface area contributed by atoms with Gasteiger partial charge in [-0.2, -0.15) is 0 Å². The highest BCUT2D eigenvalue weighted by molar-refractivity contribution is 5.99. The molecule has 0 saturated heterocycles. The molecule has 0 saturated carbocycles. The molecule has 0 spiro atoms. The number of rotatable bonds is 1. The zero-order valence-corrected chi connectivity index (χ0v) is 9.46. The molecule has 0 unspecified atom stereocenters. The van der Waals surface area contributed by atoms with E-state index in [0.29, 0.717) is 13.0 Å². The lowest BCUT2D eigenvalue weighted by Gasteiger charge is -1.98. The van der Waals surface area contributed by atoms with Crippen LogP contribution in [0.5, 0.6) is 0 Å². The largest absolute Gasteiger partial charge is 0.345 e. The lowest BCUT2D eigenvalue weighted by Crippen LogP contribution is -2.19. The number of amides is 2. The van der Waals surface area contributed by atoms with Crippen molar-refractivity contribution in [2.75, 3.05) is 11.9 Å². The van der Waals surface area contributed by atoms with E-state index in [1.54, 1.807) is 0 Å². The molecule has 1 aromatic rings. The fraction of sp³-hybridized carbons (Fsp3) is 0.231. The van der Waals surface area contributed by atoms with E-state index >= 15 is 0 Å². The van der Waals surface area contributed by atoms with Gasteiger partial charge in [-0.15, -0.1) is 0 Å². The molecule has 1 heterocycles. The molecule has 1 aromatic carbocycles. The molecule has 2 rings (SSSR count). The van der Waals surface area contributed by atoms with Crippen LogP contribution in [0.25, 0.3) is 0 Å². The highest BCUT2D eigenvalue weighted by Crippen LogP contribution is 2.23. The first-order chi connectivity index (χ1) is 8.15. The number of carbonyl (C=O) groups excluding carboxylic acids is 2. The average Bonchev–Trinajstić information content (AvgIpc) is 2.63. The normalized spacial score (nSPS) is 12.2. The number of nitrogens with one attached hydrogen (secondary N) is 2. The lowest BCUT2D eigenvalue weighted by molar-refractivity contribution is -0.118. The predicted molar refractivity (Wildman–Crippen MR) is 64.3 cm³/mol. The van der Waals surface area contributed by atoms with Gasteiger partial charge >= 0.3 is 0 Å². The van der Waals surface area contributed by atoms with Gasteiger partial charge in [0.2, 0.25) is 11.8 Å². The third-order valence-electron chi connectivity index (χ3n) is 2.39. The number of hydrogen-bond acceptors (Lipinski definition) is 2. The van der Waals surface area contributed by atoms with E-state index < -0.39 is 0 Å². The minimum absolute atomic E-state index is 0.0170. The Morgan fingerprint density at radius 2 is 2.35 bits per heavy atom. The van der Waals surface area contributed by atoms with E-state index in [9.17, 15) is 9.59 Å². The van der Waals surface area contributed by atoms with Gasteiger partial charge in [0.25, 0.3) is 0 Å². The molecule has 0 bridgehead atoms. The molecule has 2 amide bonds. The van der Waals surface area contributed by atoms with Crippen molar-refractivity contribution < 1.29 is 9.59 Å². The smallest absolute Gasteiger partial charge is 0.228 e. The molecule has 4 nitrogen and oxygen atoms in total. The van der Waals surface area contributed by atoms with Crippen LogP contribution in [0, 0.1) is 11.8 Å². The van der Waals surface area contributed by atoms with Crippen molar-refractivity contribution >= 4 is 17.5 Å². The summed E-state index contributed by atoms with van der Waals surface area (Å²) in [5.41, 5.74) is 2.69. The van der Waals surface area contributed by atoms with E-state index in [-0.39, 0.29) is 11.8 Å². The second kappa shape index (κ2) is 4.71. The van der Waals surface area contributed by atoms with Crippen LogP contribution in [-0.2, 0) is 16.0 Å². The first-order valence-corrected chi connectivity index (χ1v) is 5.31. The number of fused-ring (bicyclic) bond motifs is 1. The SMILES string of the molecule is CC(=O)NCC#Cc1ccc2c(c1)CC(=O)N2. The molecule has 4 heteroatoms. The van der Waals surface area contributed by atoms with Gasteiger partial charge in [-0.25, -0.2) is 0 Å². The van der Waals surface area contributed by atoms with Gasteiger partial charge in [0, 0.05) is 18.2 Å². The van der Waals surface area contributed by atoms with Crippen LogP contribution in [0.1, 0.15) is 18.1 Å². The number of hydrogen-bond donors (Lipinski definition) is 2. The zero-order chi connectivity index (χ0) is 12.3. The Bertz CT molecular complexity index is 538. The summed E-state index contributed by atoms with van der Waals surface area (Å²) < 4.78 is 0. The molecule has 1 aliphatic heterocycles. The van der Waals surface area contributed by atoms with Crippen LogP contribution in [0.3, 0.4) is 0 Å². The van der Waals surface area contributed by atoms with E-state index in [0.717, 1.165) is 16.8 Å². The molecule has 0 aliphatic carbocycles. The summed E-state index contributed by atoms with van der Waals surface area (Å²) in [6, 6.07) is 5.60. The summed E-state index contributed by atoms with van der Waals surface area (Å²) in [5, 5.41) is 5.36. The van der Waals surface area contributed by atoms with E-state index in [1.807, 2.05) is 18.2 Å². The van der Waals surface area contributed by atoms with Crippen LogP contribution >= 0.6 is 0 Å². The van der Waals surface area contributed by atoms with Crippen molar-refractivity contribution in [2.24, 2.45) is 0 Å². The van der Waals surface area contributed by atoms with Gasteiger partial charge in [-0.3, -0.25) is 9.59 Å². The van der Waals surface area contributed by atoms with Crippen molar-refractivity contribution in [3.8, 4) is 11.8 Å². The standard InChI is InChI=1S/C13H12N2O2/c1-9(16)14-6-2-3-10-4-5-12-11(7-10)8-13(17)15-12/h4-5,7H,6,8H2,1H3,(H,14,16)(H,15,17). The van der Waals surface area contributed by atoms with E-state index in [1.165, 1.54) is 6.92 Å². The third-order valence-corrected chi connectivity index (χ3v) is 2.39. The molecule has 17 heavy (non-hydrogen) atoms. The van der Waals surface area contributed by atoms with Crippen LogP contribution in [-0.4, -0.2) is 18.4 Å². The fourth-order valence-electron chi connectivity index (χ4n) is 1.62. The van der Waals surface area contributed by atoms with Crippen molar-refractivity contribution in [1.82, 2.24) is 5.32 Å². The van der Waals surface area contributed by atoms with Crippen LogP contribution in [0.2, 0.25) is 0 Å². The Morgan fingerprint density at radius 1 is 1.53 bits per heavy atom. The van der Waals surface area contributed by atoms with Crippen molar-refractivity contribution in [3.05, 3.63) is 29.3 Å². The second-order valence-corrected chi connectivity index (χ2v) is 3.81. The average molecular weight is 228 g/mol. The summed E-state index contributed by atoms with van der Waals surface area (Å²) in [6.07, 6.45) is 0.413. The fourth-order valence-corrected chi connectivity index (χ4v) is 1.62. The van der Waals surface area contributed by atoms with E-state index in [2.05, 4.69) is 22.5 Å². The lowest BCUT2D eigenvalue weighted by atomic mass is 10.1. The Balaban J connectivity index is 2.06. The third kappa shape index (κ3) is 2.85. The van der Waals surface area contributed by atoms with Gasteiger partial charge in [0.15, 0.2) is 0 Å². The Hall–Kier alpha value is -2.28. The predicted octanol–water partition coefficient (Wildman–Crippen LogP) is 0.669. The second-order valence-electron chi connectivity index (χ2n) is 3.81. The topological polar surface area (TPSA) is 58.2 Å². The van der Waals surface area contributed by atoms with Crippen molar-refractivity contribution in [1.29, 1.82) is 0 Å². The minimum Gasteiger partial charge on any atom is -0.345 e. The maximum atomic E-state index is 11.2. The van der Waals surface area contributed by atoms with Crippen molar-refractivity contribution in [3.63, 3.8) is 0 Å². The van der Waals surface area contributed by atoms with E-state index in [4.69, 9.17) is 0 Å². The molecule has 0 aromatic heterocycles. The highest BCUT2D eigenvalue weighted by atomic mass is 16.2. The number of anilines is 1. The molecular weight excluding hydrogens is 216 g/mol. The molecule has 86 valence electrons. The minimum atomic E-state index is -0.0944. The summed E-state index contributed by atoms with van der Waals surface area (Å²) >= 11 is 0. The molecular formula is C13H12N2O2. The highest BCUT2D eigenvalue weighted by Gasteiger charge is 2.16. The summed E-state index contributed by atoms with van der Waals surface area (Å²) in [7, 11) is 0. The Labute approximate surface area is 99.4 Å².